The van der Waals surface area contributed by atoms with Gasteiger partial charge in [0.15, 0.2) is 0 Å². The molecule has 25 heavy (non-hydrogen) atoms. The Balaban J connectivity index is 1.37. The number of hydrogen-bond donors (Lipinski definition) is 1. The predicted molar refractivity (Wildman–Crippen MR) is 101 cm³/mol. The van der Waals surface area contributed by atoms with Gasteiger partial charge in [-0.05, 0) is 53.1 Å². The Kier molecular flexibility index (Phi) is 4.31. The standard InChI is InChI=1S/C20H17N3OS/c24-20(15-5-7-17(8-6-15)23-12-11-21-14-23)22-10-9-16-13-25-19-4-2-1-3-18(16)19/h1-8,11-14H,9-10H2,(H,22,24). The highest BCUT2D eigenvalue weighted by molar-refractivity contribution is 7.17. The number of rotatable bonds is 5. The van der Waals surface area contributed by atoms with Crippen LogP contribution in [0.3, 0.4) is 0 Å². The van der Waals surface area contributed by atoms with Crippen LogP contribution < -0.4 is 5.32 Å². The van der Waals surface area contributed by atoms with E-state index in [1.54, 1.807) is 23.9 Å². The Morgan fingerprint density at radius 1 is 1.12 bits per heavy atom. The lowest BCUT2D eigenvalue weighted by Crippen LogP contribution is -2.25. The zero-order valence-corrected chi connectivity index (χ0v) is 14.4. The number of carbonyl (C=O) groups excluding carboxylic acids is 1. The summed E-state index contributed by atoms with van der Waals surface area (Å²) in [7, 11) is 0. The van der Waals surface area contributed by atoms with Gasteiger partial charge >= 0.3 is 0 Å². The monoisotopic (exact) mass is 347 g/mol. The number of nitrogens with one attached hydrogen (secondary N) is 1. The minimum absolute atomic E-state index is 0.0447. The van der Waals surface area contributed by atoms with E-state index >= 15 is 0 Å². The minimum Gasteiger partial charge on any atom is -0.352 e. The van der Waals surface area contributed by atoms with Crippen LogP contribution in [-0.4, -0.2) is 22.0 Å². The topological polar surface area (TPSA) is 46.9 Å². The van der Waals surface area contributed by atoms with E-state index < -0.39 is 0 Å². The number of hydrogen-bond acceptors (Lipinski definition) is 3. The van der Waals surface area contributed by atoms with Crippen LogP contribution in [0, 0.1) is 0 Å². The zero-order chi connectivity index (χ0) is 17.1. The molecule has 5 heteroatoms. The maximum Gasteiger partial charge on any atom is 0.251 e. The van der Waals surface area contributed by atoms with Crippen molar-refractivity contribution in [2.45, 2.75) is 6.42 Å². The van der Waals surface area contributed by atoms with Crippen molar-refractivity contribution in [3.8, 4) is 5.69 Å². The first kappa shape index (κ1) is 15.6. The summed E-state index contributed by atoms with van der Waals surface area (Å²) >= 11 is 1.75. The average Bonchev–Trinajstić information content (AvgIpc) is 3.32. The van der Waals surface area contributed by atoms with Crippen molar-refractivity contribution in [1.29, 1.82) is 0 Å². The van der Waals surface area contributed by atoms with Gasteiger partial charge in [-0.2, -0.15) is 0 Å². The summed E-state index contributed by atoms with van der Waals surface area (Å²) in [6, 6.07) is 15.9. The van der Waals surface area contributed by atoms with E-state index in [1.165, 1.54) is 15.6 Å². The second kappa shape index (κ2) is 6.91. The molecule has 0 saturated carbocycles. The Bertz CT molecular complexity index is 987. The van der Waals surface area contributed by atoms with Crippen molar-refractivity contribution in [2.75, 3.05) is 6.54 Å². The van der Waals surface area contributed by atoms with E-state index in [0.717, 1.165) is 12.1 Å². The first-order chi connectivity index (χ1) is 12.3. The van der Waals surface area contributed by atoms with Crippen molar-refractivity contribution in [1.82, 2.24) is 14.9 Å². The molecular weight excluding hydrogens is 330 g/mol. The molecule has 0 radical (unpaired) electrons. The lowest BCUT2D eigenvalue weighted by molar-refractivity contribution is 0.0954. The van der Waals surface area contributed by atoms with Crippen molar-refractivity contribution >= 4 is 27.3 Å². The molecule has 1 amide bonds. The average molecular weight is 347 g/mol. The molecule has 2 aromatic heterocycles. The third-order valence-electron chi connectivity index (χ3n) is 4.17. The number of benzene rings is 2. The van der Waals surface area contributed by atoms with Gasteiger partial charge in [-0.15, -0.1) is 11.3 Å². The summed E-state index contributed by atoms with van der Waals surface area (Å²) in [6.07, 6.45) is 6.18. The first-order valence-electron chi connectivity index (χ1n) is 8.13. The normalized spacial score (nSPS) is 10.9. The van der Waals surface area contributed by atoms with Gasteiger partial charge in [0.2, 0.25) is 0 Å². The van der Waals surface area contributed by atoms with E-state index in [1.807, 2.05) is 35.0 Å². The number of thiophene rings is 1. The highest BCUT2D eigenvalue weighted by Gasteiger charge is 2.07. The van der Waals surface area contributed by atoms with Gasteiger partial charge in [-0.3, -0.25) is 4.79 Å². The smallest absolute Gasteiger partial charge is 0.251 e. The SMILES string of the molecule is O=C(NCCc1csc2ccccc12)c1ccc(-n2ccnc2)cc1. The molecule has 1 N–H and O–H groups in total. The number of amides is 1. The molecule has 0 spiro atoms. The molecule has 124 valence electrons. The lowest BCUT2D eigenvalue weighted by atomic mass is 10.1. The Labute approximate surface area is 149 Å². The van der Waals surface area contributed by atoms with Crippen molar-refractivity contribution in [2.24, 2.45) is 0 Å². The summed E-state index contributed by atoms with van der Waals surface area (Å²) in [5.41, 5.74) is 2.94. The molecule has 0 atom stereocenters. The second-order valence-corrected chi connectivity index (χ2v) is 6.69. The fraction of sp³-hybridized carbons (Fsp3) is 0.100. The number of aromatic nitrogens is 2. The number of carbonyl (C=O) groups is 1. The first-order valence-corrected chi connectivity index (χ1v) is 9.01. The van der Waals surface area contributed by atoms with Crippen LogP contribution in [0.5, 0.6) is 0 Å². The highest BCUT2D eigenvalue weighted by Crippen LogP contribution is 2.25. The molecule has 0 aliphatic rings. The molecule has 2 heterocycles. The molecule has 4 aromatic rings. The van der Waals surface area contributed by atoms with Crippen molar-refractivity contribution < 1.29 is 4.79 Å². The van der Waals surface area contributed by atoms with Gasteiger partial charge in [0.25, 0.3) is 5.91 Å². The van der Waals surface area contributed by atoms with E-state index in [4.69, 9.17) is 0 Å². The highest BCUT2D eigenvalue weighted by atomic mass is 32.1. The third-order valence-corrected chi connectivity index (χ3v) is 5.19. The maximum atomic E-state index is 12.3. The van der Waals surface area contributed by atoms with E-state index in [2.05, 4.69) is 39.9 Å². The summed E-state index contributed by atoms with van der Waals surface area (Å²) in [6.45, 7) is 0.628. The molecule has 2 aromatic carbocycles. The number of nitrogens with zero attached hydrogens (tertiary/aromatic N) is 2. The maximum absolute atomic E-state index is 12.3. The van der Waals surface area contributed by atoms with Gasteiger partial charge < -0.3 is 9.88 Å². The molecule has 0 fully saturated rings. The van der Waals surface area contributed by atoms with Crippen molar-refractivity contribution in [3.63, 3.8) is 0 Å². The Hall–Kier alpha value is -2.92. The molecular formula is C20H17N3OS. The predicted octanol–water partition coefficient (Wildman–Crippen LogP) is 4.06. The van der Waals surface area contributed by atoms with E-state index in [0.29, 0.717) is 12.1 Å². The van der Waals surface area contributed by atoms with E-state index in [-0.39, 0.29) is 5.91 Å². The van der Waals surface area contributed by atoms with Crippen LogP contribution in [0.25, 0.3) is 15.8 Å². The Morgan fingerprint density at radius 3 is 2.76 bits per heavy atom. The van der Waals surface area contributed by atoms with Crippen LogP contribution in [-0.2, 0) is 6.42 Å². The van der Waals surface area contributed by atoms with Gasteiger partial charge in [0.1, 0.15) is 0 Å². The van der Waals surface area contributed by atoms with Crippen LogP contribution in [0.15, 0.2) is 72.6 Å². The van der Waals surface area contributed by atoms with Gasteiger partial charge in [-0.25, -0.2) is 4.98 Å². The number of fused-ring (bicyclic) bond motifs is 1. The van der Waals surface area contributed by atoms with Gasteiger partial charge in [0, 0.05) is 34.9 Å². The van der Waals surface area contributed by atoms with E-state index in [9.17, 15) is 4.79 Å². The van der Waals surface area contributed by atoms with Crippen LogP contribution in [0.2, 0.25) is 0 Å². The quantitative estimate of drug-likeness (QED) is 0.592. The fourth-order valence-corrected chi connectivity index (χ4v) is 3.83. The molecule has 0 unspecified atom stereocenters. The van der Waals surface area contributed by atoms with Gasteiger partial charge in [0.05, 0.1) is 6.33 Å². The van der Waals surface area contributed by atoms with Crippen LogP contribution in [0.1, 0.15) is 15.9 Å². The third kappa shape index (κ3) is 3.32. The Morgan fingerprint density at radius 2 is 1.96 bits per heavy atom. The lowest BCUT2D eigenvalue weighted by Gasteiger charge is -2.07. The second-order valence-electron chi connectivity index (χ2n) is 5.78. The molecule has 0 bridgehead atoms. The summed E-state index contributed by atoms with van der Waals surface area (Å²) in [5.74, 6) is -0.0447. The zero-order valence-electron chi connectivity index (χ0n) is 13.6. The summed E-state index contributed by atoms with van der Waals surface area (Å²) < 4.78 is 3.20. The van der Waals surface area contributed by atoms with Crippen molar-refractivity contribution in [3.05, 3.63) is 83.8 Å². The molecule has 0 aliphatic carbocycles. The molecule has 4 nitrogen and oxygen atoms in total. The van der Waals surface area contributed by atoms with Crippen LogP contribution >= 0.6 is 11.3 Å². The molecule has 0 saturated heterocycles. The summed E-state index contributed by atoms with van der Waals surface area (Å²) in [4.78, 5) is 16.3. The summed E-state index contributed by atoms with van der Waals surface area (Å²) in [5, 5.41) is 6.46. The van der Waals surface area contributed by atoms with Gasteiger partial charge in [-0.1, -0.05) is 18.2 Å². The molecule has 4 rings (SSSR count). The minimum atomic E-state index is -0.0447. The largest absolute Gasteiger partial charge is 0.352 e. The fourth-order valence-electron chi connectivity index (χ4n) is 2.84. The van der Waals surface area contributed by atoms with Crippen LogP contribution in [0.4, 0.5) is 0 Å². The molecule has 0 aliphatic heterocycles. The number of imidazole rings is 1.